The predicted octanol–water partition coefficient (Wildman–Crippen LogP) is 3.41. The lowest BCUT2D eigenvalue weighted by atomic mass is 10.2. The monoisotopic (exact) mass is 370 g/mol. The molecule has 0 amide bonds. The van der Waals surface area contributed by atoms with E-state index in [2.05, 4.69) is 4.98 Å². The molecule has 0 spiro atoms. The minimum absolute atomic E-state index is 0.389. The molecule has 0 aliphatic rings. The molecular weight excluding hydrogens is 352 g/mol. The molecule has 0 aliphatic heterocycles. The second-order valence-electron chi connectivity index (χ2n) is 5.20. The number of benzene rings is 2. The summed E-state index contributed by atoms with van der Waals surface area (Å²) < 4.78 is 17.6. The lowest BCUT2D eigenvalue weighted by Crippen LogP contribution is -2.22. The van der Waals surface area contributed by atoms with Gasteiger partial charge in [0.05, 0.1) is 32.0 Å². The number of hydrogen-bond acceptors (Lipinski definition) is 6. The van der Waals surface area contributed by atoms with E-state index in [4.69, 9.17) is 14.2 Å². The zero-order valence-corrected chi connectivity index (χ0v) is 15.4. The lowest BCUT2D eigenvalue weighted by molar-refractivity contribution is 0.324. The Morgan fingerprint density at radius 2 is 1.58 bits per heavy atom. The summed E-state index contributed by atoms with van der Waals surface area (Å²) in [5, 5.41) is 0.727. The smallest absolute Gasteiger partial charge is 0.353 e. The molecular formula is C19H18N2O4S. The molecule has 0 unspecified atom stereocenters. The zero-order valence-electron chi connectivity index (χ0n) is 14.6. The highest BCUT2D eigenvalue weighted by Crippen LogP contribution is 2.40. The first kappa shape index (κ1) is 17.9. The van der Waals surface area contributed by atoms with Gasteiger partial charge in [0.15, 0.2) is 11.5 Å². The molecule has 6 nitrogen and oxygen atoms in total. The van der Waals surface area contributed by atoms with Crippen LogP contribution in [0.1, 0.15) is 0 Å². The first-order chi connectivity index (χ1) is 12.7. The van der Waals surface area contributed by atoms with Gasteiger partial charge in [-0.15, -0.1) is 0 Å². The Bertz CT molecular complexity index is 932. The van der Waals surface area contributed by atoms with Gasteiger partial charge in [-0.2, -0.15) is 0 Å². The highest BCUT2D eigenvalue weighted by Gasteiger charge is 2.17. The number of methoxy groups -OCH3 is 3. The summed E-state index contributed by atoms with van der Waals surface area (Å²) in [6.07, 6.45) is 1.50. The van der Waals surface area contributed by atoms with Gasteiger partial charge in [-0.3, -0.25) is 4.57 Å². The van der Waals surface area contributed by atoms with Crippen LogP contribution >= 0.6 is 11.8 Å². The van der Waals surface area contributed by atoms with Crippen LogP contribution in [-0.2, 0) is 0 Å². The van der Waals surface area contributed by atoms with Crippen LogP contribution in [0.25, 0.3) is 5.69 Å². The maximum atomic E-state index is 12.5. The predicted molar refractivity (Wildman–Crippen MR) is 100 cm³/mol. The summed E-state index contributed by atoms with van der Waals surface area (Å²) in [5.74, 6) is 1.40. The van der Waals surface area contributed by atoms with Crippen LogP contribution in [0.5, 0.6) is 17.2 Å². The van der Waals surface area contributed by atoms with Crippen molar-refractivity contribution in [3.63, 3.8) is 0 Å². The third-order valence-corrected chi connectivity index (χ3v) is 4.72. The van der Waals surface area contributed by atoms with Gasteiger partial charge in [-0.1, -0.05) is 30.0 Å². The number of rotatable bonds is 6. The van der Waals surface area contributed by atoms with Crippen LogP contribution in [0.4, 0.5) is 0 Å². The molecule has 1 heterocycles. The van der Waals surface area contributed by atoms with Crippen LogP contribution in [0.2, 0.25) is 0 Å². The summed E-state index contributed by atoms with van der Waals surface area (Å²) in [6, 6.07) is 15.0. The highest BCUT2D eigenvalue weighted by molar-refractivity contribution is 7.99. The van der Waals surface area contributed by atoms with Crippen LogP contribution in [0.3, 0.4) is 0 Å². The topological polar surface area (TPSA) is 62.6 Å². The van der Waals surface area contributed by atoms with Gasteiger partial charge in [-0.25, -0.2) is 9.78 Å². The molecule has 0 fully saturated rings. The minimum Gasteiger partial charge on any atom is -0.493 e. The van der Waals surface area contributed by atoms with Gasteiger partial charge in [-0.05, 0) is 18.2 Å². The fourth-order valence-electron chi connectivity index (χ4n) is 2.51. The Hall–Kier alpha value is -2.93. The molecule has 3 aromatic rings. The van der Waals surface area contributed by atoms with Crippen molar-refractivity contribution < 1.29 is 14.2 Å². The number of hydrogen-bond donors (Lipinski definition) is 0. The van der Waals surface area contributed by atoms with Crippen molar-refractivity contribution in [1.82, 2.24) is 9.55 Å². The van der Waals surface area contributed by atoms with Gasteiger partial charge < -0.3 is 14.2 Å². The molecule has 3 rings (SSSR count). The summed E-state index contributed by atoms with van der Waals surface area (Å²) in [6.45, 7) is 0. The summed E-state index contributed by atoms with van der Waals surface area (Å²) in [5.41, 5.74) is 0.191. The van der Waals surface area contributed by atoms with Crippen molar-refractivity contribution in [3.05, 3.63) is 65.2 Å². The average molecular weight is 370 g/mol. The van der Waals surface area contributed by atoms with Crippen LogP contribution < -0.4 is 19.9 Å². The Kier molecular flexibility index (Phi) is 5.48. The maximum Gasteiger partial charge on any atom is 0.353 e. The molecule has 0 bridgehead atoms. The average Bonchev–Trinajstić information content (AvgIpc) is 2.67. The second-order valence-corrected chi connectivity index (χ2v) is 6.29. The van der Waals surface area contributed by atoms with E-state index in [-0.39, 0.29) is 5.69 Å². The van der Waals surface area contributed by atoms with E-state index in [1.807, 2.05) is 30.3 Å². The molecule has 1 aromatic heterocycles. The third-order valence-electron chi connectivity index (χ3n) is 3.69. The molecule has 2 aromatic carbocycles. The van der Waals surface area contributed by atoms with Crippen molar-refractivity contribution in [3.8, 4) is 22.9 Å². The van der Waals surface area contributed by atoms with Crippen molar-refractivity contribution in [2.24, 2.45) is 0 Å². The van der Waals surface area contributed by atoms with Gasteiger partial charge >= 0.3 is 5.69 Å². The van der Waals surface area contributed by atoms with Gasteiger partial charge in [0.1, 0.15) is 0 Å². The second kappa shape index (κ2) is 7.97. The Labute approximate surface area is 155 Å². The quantitative estimate of drug-likeness (QED) is 0.620. The van der Waals surface area contributed by atoms with Crippen molar-refractivity contribution in [2.45, 2.75) is 9.92 Å². The minimum atomic E-state index is -0.389. The lowest BCUT2D eigenvalue weighted by Gasteiger charge is -2.16. The van der Waals surface area contributed by atoms with Crippen LogP contribution in [-0.4, -0.2) is 30.9 Å². The van der Waals surface area contributed by atoms with Gasteiger partial charge in [0.2, 0.25) is 5.75 Å². The van der Waals surface area contributed by atoms with E-state index >= 15 is 0 Å². The Morgan fingerprint density at radius 3 is 2.15 bits per heavy atom. The van der Waals surface area contributed by atoms with Gasteiger partial charge in [0, 0.05) is 23.2 Å². The first-order valence-electron chi connectivity index (χ1n) is 7.79. The molecule has 26 heavy (non-hydrogen) atoms. The molecule has 0 saturated carbocycles. The van der Waals surface area contributed by atoms with Crippen LogP contribution in [0.15, 0.2) is 69.4 Å². The molecule has 0 saturated heterocycles. The van der Waals surface area contributed by atoms with E-state index < -0.39 is 0 Å². The number of nitrogens with zero attached hydrogens (tertiary/aromatic N) is 2. The molecule has 0 radical (unpaired) electrons. The summed E-state index contributed by atoms with van der Waals surface area (Å²) in [4.78, 5) is 17.4. The molecule has 0 N–H and O–H groups in total. The van der Waals surface area contributed by atoms with Crippen molar-refractivity contribution in [2.75, 3.05) is 21.3 Å². The highest BCUT2D eigenvalue weighted by atomic mass is 32.2. The number of ether oxygens (including phenoxy) is 3. The third kappa shape index (κ3) is 3.52. The summed E-state index contributed by atoms with van der Waals surface area (Å²) in [7, 11) is 4.60. The van der Waals surface area contributed by atoms with Crippen molar-refractivity contribution in [1.29, 1.82) is 0 Å². The largest absolute Gasteiger partial charge is 0.493 e. The SMILES string of the molecule is COc1cc(-n2c(Sc3ccccc3)ccnc2=O)cc(OC)c1OC. The van der Waals surface area contributed by atoms with Crippen molar-refractivity contribution >= 4 is 11.8 Å². The van der Waals surface area contributed by atoms with E-state index in [0.717, 1.165) is 9.92 Å². The fourth-order valence-corrected chi connectivity index (χ4v) is 3.45. The van der Waals surface area contributed by atoms with E-state index in [0.29, 0.717) is 22.9 Å². The normalized spacial score (nSPS) is 10.4. The summed E-state index contributed by atoms with van der Waals surface area (Å²) >= 11 is 1.47. The van der Waals surface area contributed by atoms with Crippen LogP contribution in [0, 0.1) is 0 Å². The maximum absolute atomic E-state index is 12.5. The van der Waals surface area contributed by atoms with E-state index in [1.165, 1.54) is 43.9 Å². The Balaban J connectivity index is 2.16. The van der Waals surface area contributed by atoms with Gasteiger partial charge in [0.25, 0.3) is 0 Å². The number of aromatic nitrogens is 2. The standard InChI is InChI=1S/C19H18N2O4S/c1-23-15-11-13(12-16(24-2)18(15)25-3)21-17(9-10-20-19(21)22)26-14-7-5-4-6-8-14/h4-12H,1-3H3. The molecule has 0 aliphatic carbocycles. The van der Waals surface area contributed by atoms with E-state index in [9.17, 15) is 4.79 Å². The Morgan fingerprint density at radius 1 is 0.923 bits per heavy atom. The zero-order chi connectivity index (χ0) is 18.5. The molecule has 0 atom stereocenters. The molecule has 7 heteroatoms. The van der Waals surface area contributed by atoms with E-state index in [1.54, 1.807) is 18.2 Å². The first-order valence-corrected chi connectivity index (χ1v) is 8.61. The molecule has 134 valence electrons. The fraction of sp³-hybridized carbons (Fsp3) is 0.158.